The summed E-state index contributed by atoms with van der Waals surface area (Å²) in [7, 11) is 0. The van der Waals surface area contributed by atoms with Crippen LogP contribution in [0, 0.1) is 6.92 Å². The topological polar surface area (TPSA) is 55.1 Å². The van der Waals surface area contributed by atoms with E-state index in [9.17, 15) is 4.79 Å². The standard InChI is InChI=1S/C16H13BrCl2N2O/c1-9-6-12(20)8-13(17)16(9)21-15(22)5-3-10-2-4-11(18)7-14(10)19/h2-8H,20H2,1H3,(H,21,22)/b5-3+. The van der Waals surface area contributed by atoms with Gasteiger partial charge in [-0.25, -0.2) is 0 Å². The van der Waals surface area contributed by atoms with Gasteiger partial charge >= 0.3 is 0 Å². The zero-order valence-electron chi connectivity index (χ0n) is 11.7. The fraction of sp³-hybridized carbons (Fsp3) is 0.0625. The molecule has 0 aliphatic carbocycles. The Morgan fingerprint density at radius 2 is 2.00 bits per heavy atom. The van der Waals surface area contributed by atoms with Crippen molar-refractivity contribution in [1.29, 1.82) is 0 Å². The van der Waals surface area contributed by atoms with Crippen LogP contribution >= 0.6 is 39.1 Å². The maximum Gasteiger partial charge on any atom is 0.248 e. The van der Waals surface area contributed by atoms with Crippen LogP contribution in [0.25, 0.3) is 6.08 Å². The lowest BCUT2D eigenvalue weighted by molar-refractivity contribution is -0.111. The number of hydrogen-bond acceptors (Lipinski definition) is 2. The largest absolute Gasteiger partial charge is 0.399 e. The van der Waals surface area contributed by atoms with Gasteiger partial charge in [0.1, 0.15) is 0 Å². The van der Waals surface area contributed by atoms with Crippen LogP contribution in [0.3, 0.4) is 0 Å². The number of benzene rings is 2. The Morgan fingerprint density at radius 3 is 2.64 bits per heavy atom. The van der Waals surface area contributed by atoms with Crippen LogP contribution in [-0.4, -0.2) is 5.91 Å². The van der Waals surface area contributed by atoms with Gasteiger partial charge in [-0.3, -0.25) is 4.79 Å². The molecule has 0 bridgehead atoms. The molecule has 6 heteroatoms. The fourth-order valence-corrected chi connectivity index (χ4v) is 3.04. The molecule has 114 valence electrons. The average molecular weight is 400 g/mol. The molecule has 3 nitrogen and oxygen atoms in total. The van der Waals surface area contributed by atoms with Gasteiger partial charge in [-0.15, -0.1) is 0 Å². The molecule has 0 saturated heterocycles. The molecule has 2 aromatic carbocycles. The van der Waals surface area contributed by atoms with Crippen molar-refractivity contribution in [1.82, 2.24) is 0 Å². The molecule has 0 saturated carbocycles. The molecule has 0 radical (unpaired) electrons. The van der Waals surface area contributed by atoms with Gasteiger partial charge in [0, 0.05) is 26.3 Å². The second-order valence-electron chi connectivity index (χ2n) is 4.68. The van der Waals surface area contributed by atoms with E-state index in [2.05, 4.69) is 21.2 Å². The van der Waals surface area contributed by atoms with Crippen molar-refractivity contribution >= 4 is 62.5 Å². The summed E-state index contributed by atoms with van der Waals surface area (Å²) in [6, 6.07) is 8.62. The summed E-state index contributed by atoms with van der Waals surface area (Å²) >= 11 is 15.3. The maximum atomic E-state index is 12.0. The molecule has 2 rings (SSSR count). The molecular formula is C16H13BrCl2N2O. The molecule has 0 aliphatic heterocycles. The second-order valence-corrected chi connectivity index (χ2v) is 6.38. The summed E-state index contributed by atoms with van der Waals surface area (Å²) in [5.41, 5.74) is 8.65. The summed E-state index contributed by atoms with van der Waals surface area (Å²) < 4.78 is 0.733. The van der Waals surface area contributed by atoms with Gasteiger partial charge in [0.2, 0.25) is 5.91 Å². The SMILES string of the molecule is Cc1cc(N)cc(Br)c1NC(=O)/C=C/c1ccc(Cl)cc1Cl. The first-order valence-corrected chi connectivity index (χ1v) is 7.91. The Morgan fingerprint density at radius 1 is 1.27 bits per heavy atom. The van der Waals surface area contributed by atoms with E-state index in [4.69, 9.17) is 28.9 Å². The molecule has 3 N–H and O–H groups in total. The first kappa shape index (κ1) is 16.9. The lowest BCUT2D eigenvalue weighted by Crippen LogP contribution is -2.10. The first-order valence-electron chi connectivity index (χ1n) is 6.36. The molecule has 0 spiro atoms. The Bertz CT molecular complexity index is 737. The van der Waals surface area contributed by atoms with E-state index in [1.54, 1.807) is 36.4 Å². The number of carbonyl (C=O) groups is 1. The van der Waals surface area contributed by atoms with Gasteiger partial charge < -0.3 is 11.1 Å². The molecule has 0 fully saturated rings. The quantitative estimate of drug-likeness (QED) is 0.543. The van der Waals surface area contributed by atoms with Crippen molar-refractivity contribution in [2.24, 2.45) is 0 Å². The third-order valence-corrected chi connectivity index (χ3v) is 4.12. The third kappa shape index (κ3) is 4.26. The highest BCUT2D eigenvalue weighted by atomic mass is 79.9. The van der Waals surface area contributed by atoms with Crippen molar-refractivity contribution < 1.29 is 4.79 Å². The van der Waals surface area contributed by atoms with E-state index in [-0.39, 0.29) is 5.91 Å². The second kappa shape index (κ2) is 7.18. The zero-order valence-corrected chi connectivity index (χ0v) is 14.8. The average Bonchev–Trinajstić information content (AvgIpc) is 2.42. The molecule has 0 unspecified atom stereocenters. The van der Waals surface area contributed by atoms with Crippen LogP contribution in [-0.2, 0) is 4.79 Å². The number of rotatable bonds is 3. The molecule has 22 heavy (non-hydrogen) atoms. The molecule has 2 aromatic rings. The summed E-state index contributed by atoms with van der Waals surface area (Å²) in [4.78, 5) is 12.0. The molecule has 0 aromatic heterocycles. The Kier molecular flexibility index (Phi) is 5.51. The summed E-state index contributed by atoms with van der Waals surface area (Å²) in [6.07, 6.45) is 3.05. The van der Waals surface area contributed by atoms with Crippen LogP contribution in [0.1, 0.15) is 11.1 Å². The van der Waals surface area contributed by atoms with Crippen molar-refractivity contribution in [2.45, 2.75) is 6.92 Å². The fourth-order valence-electron chi connectivity index (χ4n) is 1.90. The van der Waals surface area contributed by atoms with E-state index >= 15 is 0 Å². The van der Waals surface area contributed by atoms with Crippen molar-refractivity contribution in [3.8, 4) is 0 Å². The van der Waals surface area contributed by atoms with Gasteiger partial charge in [0.05, 0.1) is 5.69 Å². The minimum atomic E-state index is -0.264. The van der Waals surface area contributed by atoms with Crippen LogP contribution in [0.15, 0.2) is 40.9 Å². The van der Waals surface area contributed by atoms with Crippen LogP contribution < -0.4 is 11.1 Å². The highest BCUT2D eigenvalue weighted by molar-refractivity contribution is 9.10. The number of nitrogens with one attached hydrogen (secondary N) is 1. The smallest absolute Gasteiger partial charge is 0.248 e. The number of hydrogen-bond donors (Lipinski definition) is 2. The Labute approximate surface area is 147 Å². The minimum Gasteiger partial charge on any atom is -0.399 e. The number of carbonyl (C=O) groups excluding carboxylic acids is 1. The summed E-state index contributed by atoms with van der Waals surface area (Å²) in [6.45, 7) is 1.87. The number of halogens is 3. The lowest BCUT2D eigenvalue weighted by atomic mass is 10.1. The van der Waals surface area contributed by atoms with Crippen molar-refractivity contribution in [3.05, 3.63) is 62.1 Å². The van der Waals surface area contributed by atoms with Crippen molar-refractivity contribution in [3.63, 3.8) is 0 Å². The van der Waals surface area contributed by atoms with Gasteiger partial charge in [-0.2, -0.15) is 0 Å². The molecule has 0 heterocycles. The highest BCUT2D eigenvalue weighted by Crippen LogP contribution is 2.29. The van der Waals surface area contributed by atoms with Crippen LogP contribution in [0.2, 0.25) is 10.0 Å². The minimum absolute atomic E-state index is 0.264. The van der Waals surface area contributed by atoms with Gasteiger partial charge in [-0.05, 0) is 64.3 Å². The number of nitrogen functional groups attached to an aromatic ring is 1. The van der Waals surface area contributed by atoms with Gasteiger partial charge in [0.15, 0.2) is 0 Å². The maximum absolute atomic E-state index is 12.0. The molecule has 0 atom stereocenters. The number of aryl methyl sites for hydroxylation is 1. The molecule has 0 aliphatic rings. The number of nitrogens with two attached hydrogens (primary N) is 1. The lowest BCUT2D eigenvalue weighted by Gasteiger charge is -2.10. The van der Waals surface area contributed by atoms with Gasteiger partial charge in [0.25, 0.3) is 0 Å². The zero-order chi connectivity index (χ0) is 16.3. The summed E-state index contributed by atoms with van der Waals surface area (Å²) in [5.74, 6) is -0.264. The molecular weight excluding hydrogens is 387 g/mol. The third-order valence-electron chi connectivity index (χ3n) is 2.93. The van der Waals surface area contributed by atoms with E-state index in [1.807, 2.05) is 6.92 Å². The van der Waals surface area contributed by atoms with E-state index in [0.29, 0.717) is 27.0 Å². The van der Waals surface area contributed by atoms with E-state index in [1.165, 1.54) is 6.08 Å². The van der Waals surface area contributed by atoms with E-state index < -0.39 is 0 Å². The van der Waals surface area contributed by atoms with E-state index in [0.717, 1.165) is 10.0 Å². The first-order chi connectivity index (χ1) is 10.4. The molecule has 1 amide bonds. The predicted molar refractivity (Wildman–Crippen MR) is 97.4 cm³/mol. The normalized spacial score (nSPS) is 10.9. The van der Waals surface area contributed by atoms with Gasteiger partial charge in [-0.1, -0.05) is 29.3 Å². The number of amides is 1. The van der Waals surface area contributed by atoms with Crippen molar-refractivity contribution in [2.75, 3.05) is 11.1 Å². The Hall–Kier alpha value is -1.49. The van der Waals surface area contributed by atoms with Crippen LogP contribution in [0.4, 0.5) is 11.4 Å². The predicted octanol–water partition coefficient (Wildman–Crippen LogP) is 5.30. The summed E-state index contributed by atoms with van der Waals surface area (Å²) in [5, 5.41) is 3.85. The Balaban J connectivity index is 2.15. The monoisotopic (exact) mass is 398 g/mol. The highest BCUT2D eigenvalue weighted by Gasteiger charge is 2.07. The number of anilines is 2. The van der Waals surface area contributed by atoms with Crippen LogP contribution in [0.5, 0.6) is 0 Å².